The van der Waals surface area contributed by atoms with E-state index in [-0.39, 0.29) is 5.91 Å². The van der Waals surface area contributed by atoms with Crippen LogP contribution in [0.5, 0.6) is 0 Å². The van der Waals surface area contributed by atoms with Gasteiger partial charge >= 0.3 is 0 Å². The number of para-hydroxylation sites is 1. The van der Waals surface area contributed by atoms with Crippen LogP contribution in [-0.2, 0) is 11.2 Å². The normalized spacial score (nSPS) is 17.5. The van der Waals surface area contributed by atoms with Crippen LogP contribution in [0.15, 0.2) is 24.3 Å². The van der Waals surface area contributed by atoms with Gasteiger partial charge in [0.15, 0.2) is 0 Å². The molecule has 110 valence electrons. The number of nitrogens with one attached hydrogen (secondary N) is 1. The van der Waals surface area contributed by atoms with E-state index in [2.05, 4.69) is 18.3 Å². The zero-order valence-electron chi connectivity index (χ0n) is 12.8. The molecule has 1 aromatic heterocycles. The summed E-state index contributed by atoms with van der Waals surface area (Å²) in [6.07, 6.45) is 4.80. The van der Waals surface area contributed by atoms with E-state index >= 15 is 0 Å². The summed E-state index contributed by atoms with van der Waals surface area (Å²) in [7, 11) is 0. The number of hydrogen-bond acceptors (Lipinski definition) is 2. The molecular formula is C18H22N2O. The molecule has 0 saturated carbocycles. The zero-order chi connectivity index (χ0) is 14.8. The maximum atomic E-state index is 12.1. The van der Waals surface area contributed by atoms with E-state index in [0.717, 1.165) is 29.4 Å². The lowest BCUT2D eigenvalue weighted by Gasteiger charge is -2.25. The van der Waals surface area contributed by atoms with Crippen molar-refractivity contribution in [3.63, 3.8) is 0 Å². The first-order valence-electron chi connectivity index (χ1n) is 7.92. The molecule has 0 spiro atoms. The second kappa shape index (κ2) is 5.84. The van der Waals surface area contributed by atoms with Gasteiger partial charge in [0.25, 0.3) is 0 Å². The Morgan fingerprint density at radius 1 is 1.38 bits per heavy atom. The predicted octanol–water partition coefficient (Wildman–Crippen LogP) is 4.41. The first kappa shape index (κ1) is 14.1. The van der Waals surface area contributed by atoms with Crippen molar-refractivity contribution >= 4 is 22.5 Å². The van der Waals surface area contributed by atoms with Gasteiger partial charge in [-0.15, -0.1) is 0 Å². The maximum Gasteiger partial charge on any atom is 0.224 e. The van der Waals surface area contributed by atoms with Crippen molar-refractivity contribution in [1.82, 2.24) is 4.98 Å². The van der Waals surface area contributed by atoms with E-state index in [1.165, 1.54) is 24.1 Å². The lowest BCUT2D eigenvalue weighted by molar-refractivity contribution is -0.116. The Kier molecular flexibility index (Phi) is 3.91. The third-order valence-electron chi connectivity index (χ3n) is 4.30. The summed E-state index contributed by atoms with van der Waals surface area (Å²) >= 11 is 0. The number of hydrogen-bond donors (Lipinski definition) is 1. The number of aromatic nitrogens is 1. The molecule has 1 aliphatic carbocycles. The molecule has 21 heavy (non-hydrogen) atoms. The van der Waals surface area contributed by atoms with Crippen LogP contribution in [0.1, 0.15) is 56.7 Å². The molecular weight excluding hydrogens is 260 g/mol. The lowest BCUT2D eigenvalue weighted by Crippen LogP contribution is -2.17. The van der Waals surface area contributed by atoms with Gasteiger partial charge in [-0.25, -0.2) is 0 Å². The van der Waals surface area contributed by atoms with E-state index in [4.69, 9.17) is 4.98 Å². The number of fused-ring (bicyclic) bond motifs is 2. The third-order valence-corrected chi connectivity index (χ3v) is 4.30. The molecule has 3 heteroatoms. The molecule has 1 aromatic carbocycles. The minimum absolute atomic E-state index is 0.106. The van der Waals surface area contributed by atoms with Gasteiger partial charge in [-0.1, -0.05) is 32.0 Å². The number of pyridine rings is 1. The fraction of sp³-hybridized carbons (Fsp3) is 0.444. The lowest BCUT2D eigenvalue weighted by atomic mass is 9.86. The quantitative estimate of drug-likeness (QED) is 0.905. The first-order chi connectivity index (χ1) is 10.2. The smallest absolute Gasteiger partial charge is 0.224 e. The maximum absolute atomic E-state index is 12.1. The fourth-order valence-corrected chi connectivity index (χ4v) is 3.22. The highest BCUT2D eigenvalue weighted by Crippen LogP contribution is 2.38. The van der Waals surface area contributed by atoms with Crippen molar-refractivity contribution in [2.24, 2.45) is 0 Å². The van der Waals surface area contributed by atoms with Gasteiger partial charge in [0.2, 0.25) is 5.91 Å². The molecule has 0 saturated heterocycles. The fourth-order valence-electron chi connectivity index (χ4n) is 3.22. The summed E-state index contributed by atoms with van der Waals surface area (Å²) < 4.78 is 0. The molecule has 0 radical (unpaired) electrons. The van der Waals surface area contributed by atoms with Gasteiger partial charge in [-0.05, 0) is 43.2 Å². The topological polar surface area (TPSA) is 42.0 Å². The molecule has 0 fully saturated rings. The van der Waals surface area contributed by atoms with Gasteiger partial charge in [0.05, 0.1) is 11.2 Å². The van der Waals surface area contributed by atoms with Crippen molar-refractivity contribution < 1.29 is 4.79 Å². The Morgan fingerprint density at radius 2 is 2.19 bits per heavy atom. The molecule has 1 unspecified atom stereocenters. The second-order valence-electron chi connectivity index (χ2n) is 5.96. The van der Waals surface area contributed by atoms with Gasteiger partial charge in [0.1, 0.15) is 0 Å². The molecule has 1 aliphatic rings. The molecule has 1 N–H and O–H groups in total. The third kappa shape index (κ3) is 2.65. The van der Waals surface area contributed by atoms with E-state index in [0.29, 0.717) is 12.3 Å². The molecule has 1 amide bonds. The zero-order valence-corrected chi connectivity index (χ0v) is 12.8. The Balaban J connectivity index is 2.16. The minimum Gasteiger partial charge on any atom is -0.325 e. The van der Waals surface area contributed by atoms with Gasteiger partial charge in [-0.2, -0.15) is 0 Å². The van der Waals surface area contributed by atoms with Crippen LogP contribution >= 0.6 is 0 Å². The number of anilines is 1. The SMILES string of the molecule is CCCC(=O)Nc1c2c(nc3ccccc13)C(C)CCC2. The number of amides is 1. The standard InChI is InChI=1S/C18H22N2O/c1-3-7-16(21)20-18-13-9-4-5-11-15(13)19-17-12(2)8-6-10-14(17)18/h4-5,9,11-12H,3,6-8,10H2,1-2H3,(H,19,20,21). The van der Waals surface area contributed by atoms with Crippen LogP contribution in [0.3, 0.4) is 0 Å². The summed E-state index contributed by atoms with van der Waals surface area (Å²) in [5, 5.41) is 4.22. The van der Waals surface area contributed by atoms with E-state index in [9.17, 15) is 4.79 Å². The van der Waals surface area contributed by atoms with Crippen LogP contribution < -0.4 is 5.32 Å². The highest BCUT2D eigenvalue weighted by atomic mass is 16.1. The van der Waals surface area contributed by atoms with Crippen molar-refractivity contribution in [1.29, 1.82) is 0 Å². The number of rotatable bonds is 3. The Morgan fingerprint density at radius 3 is 3.00 bits per heavy atom. The monoisotopic (exact) mass is 282 g/mol. The summed E-state index contributed by atoms with van der Waals surface area (Å²) in [6.45, 7) is 4.26. The molecule has 3 rings (SSSR count). The van der Waals surface area contributed by atoms with E-state index in [1.807, 2.05) is 25.1 Å². The van der Waals surface area contributed by atoms with Crippen molar-refractivity contribution in [2.45, 2.75) is 51.9 Å². The van der Waals surface area contributed by atoms with Crippen molar-refractivity contribution in [3.05, 3.63) is 35.5 Å². The van der Waals surface area contributed by atoms with Crippen molar-refractivity contribution in [3.8, 4) is 0 Å². The summed E-state index contributed by atoms with van der Waals surface area (Å²) in [5.41, 5.74) is 4.40. The van der Waals surface area contributed by atoms with Crippen LogP contribution in [0, 0.1) is 0 Å². The van der Waals surface area contributed by atoms with Crippen LogP contribution in [0.25, 0.3) is 10.9 Å². The molecule has 0 bridgehead atoms. The number of carbonyl (C=O) groups is 1. The number of carbonyl (C=O) groups excluding carboxylic acids is 1. The molecule has 2 aromatic rings. The van der Waals surface area contributed by atoms with Crippen LogP contribution in [0.4, 0.5) is 5.69 Å². The highest BCUT2D eigenvalue weighted by Gasteiger charge is 2.23. The van der Waals surface area contributed by atoms with Crippen molar-refractivity contribution in [2.75, 3.05) is 5.32 Å². The van der Waals surface area contributed by atoms with E-state index < -0.39 is 0 Å². The molecule has 1 heterocycles. The van der Waals surface area contributed by atoms with E-state index in [1.54, 1.807) is 0 Å². The largest absolute Gasteiger partial charge is 0.325 e. The Bertz CT molecular complexity index is 678. The van der Waals surface area contributed by atoms with Crippen LogP contribution in [-0.4, -0.2) is 10.9 Å². The average molecular weight is 282 g/mol. The predicted molar refractivity (Wildman–Crippen MR) is 86.6 cm³/mol. The van der Waals surface area contributed by atoms with Gasteiger partial charge in [-0.3, -0.25) is 9.78 Å². The second-order valence-corrected chi connectivity index (χ2v) is 5.96. The van der Waals surface area contributed by atoms with Crippen LogP contribution in [0.2, 0.25) is 0 Å². The Hall–Kier alpha value is -1.90. The summed E-state index contributed by atoms with van der Waals surface area (Å²) in [4.78, 5) is 17.0. The first-order valence-corrected chi connectivity index (χ1v) is 7.92. The highest BCUT2D eigenvalue weighted by molar-refractivity contribution is 6.02. The van der Waals surface area contributed by atoms with Gasteiger partial charge in [0, 0.05) is 17.5 Å². The number of benzene rings is 1. The molecule has 1 atom stereocenters. The molecule has 3 nitrogen and oxygen atoms in total. The Labute approximate surface area is 125 Å². The minimum atomic E-state index is 0.106. The van der Waals surface area contributed by atoms with Gasteiger partial charge < -0.3 is 5.32 Å². The molecule has 0 aliphatic heterocycles. The summed E-state index contributed by atoms with van der Waals surface area (Å²) in [6, 6.07) is 8.11. The number of nitrogens with zero attached hydrogens (tertiary/aromatic N) is 1. The summed E-state index contributed by atoms with van der Waals surface area (Å²) in [5.74, 6) is 0.578. The average Bonchev–Trinajstić information content (AvgIpc) is 2.48.